The molecule has 1 heterocycles. The zero-order chi connectivity index (χ0) is 9.68. The van der Waals surface area contributed by atoms with Gasteiger partial charge < -0.3 is 16.0 Å². The highest BCUT2D eigenvalue weighted by Crippen LogP contribution is 2.03. The van der Waals surface area contributed by atoms with Gasteiger partial charge in [0.25, 0.3) is 0 Å². The molecule has 4 heteroatoms. The maximum Gasteiger partial charge on any atom is 0.234 e. The van der Waals surface area contributed by atoms with Crippen molar-refractivity contribution in [2.24, 2.45) is 0 Å². The van der Waals surface area contributed by atoms with Crippen molar-refractivity contribution in [1.82, 2.24) is 16.0 Å². The molecule has 0 spiro atoms. The molecule has 1 saturated heterocycles. The van der Waals surface area contributed by atoms with Crippen LogP contribution in [0.2, 0.25) is 0 Å². The number of hydrogen-bond donors (Lipinski definition) is 3. The van der Waals surface area contributed by atoms with Crippen LogP contribution in [0.25, 0.3) is 0 Å². The monoisotopic (exact) mass is 183 g/mol. The standard InChI is InChI=1S/C9H17N3O/c1-3-7-8(4-5-10-2)12-9(13)6-11-7/h3,7-8,10-11H,1,4-6H2,2H3,(H,12,13). The Balaban J connectivity index is 2.44. The Labute approximate surface area is 78.8 Å². The first-order valence-electron chi connectivity index (χ1n) is 4.58. The zero-order valence-corrected chi connectivity index (χ0v) is 7.97. The van der Waals surface area contributed by atoms with Gasteiger partial charge in [-0.2, -0.15) is 0 Å². The first-order chi connectivity index (χ1) is 6.27. The molecule has 4 nitrogen and oxygen atoms in total. The number of nitrogens with one attached hydrogen (secondary N) is 3. The molecule has 1 rings (SSSR count). The summed E-state index contributed by atoms with van der Waals surface area (Å²) in [7, 11) is 1.90. The summed E-state index contributed by atoms with van der Waals surface area (Å²) in [5.41, 5.74) is 0. The summed E-state index contributed by atoms with van der Waals surface area (Å²) < 4.78 is 0. The van der Waals surface area contributed by atoms with E-state index in [-0.39, 0.29) is 18.0 Å². The Morgan fingerprint density at radius 3 is 3.15 bits per heavy atom. The van der Waals surface area contributed by atoms with Gasteiger partial charge in [-0.15, -0.1) is 6.58 Å². The SMILES string of the molecule is C=CC1NCC(=O)NC1CCNC. The lowest BCUT2D eigenvalue weighted by Gasteiger charge is -2.31. The van der Waals surface area contributed by atoms with Crippen molar-refractivity contribution in [2.75, 3.05) is 20.1 Å². The minimum atomic E-state index is 0.0687. The molecule has 2 atom stereocenters. The van der Waals surface area contributed by atoms with Crippen molar-refractivity contribution in [2.45, 2.75) is 18.5 Å². The number of rotatable bonds is 4. The summed E-state index contributed by atoms with van der Waals surface area (Å²) in [6, 6.07) is 0.372. The Bertz CT molecular complexity index is 193. The fourth-order valence-corrected chi connectivity index (χ4v) is 1.50. The van der Waals surface area contributed by atoms with Crippen LogP contribution in [0.3, 0.4) is 0 Å². The van der Waals surface area contributed by atoms with Gasteiger partial charge in [0.2, 0.25) is 5.91 Å². The summed E-state index contributed by atoms with van der Waals surface area (Å²) >= 11 is 0. The molecule has 1 fully saturated rings. The van der Waals surface area contributed by atoms with Gasteiger partial charge in [-0.3, -0.25) is 4.79 Å². The molecule has 0 aromatic heterocycles. The van der Waals surface area contributed by atoms with E-state index in [1.165, 1.54) is 0 Å². The summed E-state index contributed by atoms with van der Waals surface area (Å²) in [6.07, 6.45) is 2.77. The van der Waals surface area contributed by atoms with Crippen LogP contribution in [0.5, 0.6) is 0 Å². The van der Waals surface area contributed by atoms with Crippen molar-refractivity contribution < 1.29 is 4.79 Å². The van der Waals surface area contributed by atoms with E-state index in [1.807, 2.05) is 13.1 Å². The van der Waals surface area contributed by atoms with Crippen molar-refractivity contribution in [3.8, 4) is 0 Å². The van der Waals surface area contributed by atoms with Crippen LogP contribution in [0.1, 0.15) is 6.42 Å². The van der Waals surface area contributed by atoms with Crippen LogP contribution in [-0.2, 0) is 4.79 Å². The molecule has 13 heavy (non-hydrogen) atoms. The molecule has 74 valence electrons. The molecule has 1 amide bonds. The summed E-state index contributed by atoms with van der Waals surface area (Å²) in [6.45, 7) is 5.03. The van der Waals surface area contributed by atoms with E-state index in [0.29, 0.717) is 6.54 Å². The van der Waals surface area contributed by atoms with Crippen LogP contribution in [0.4, 0.5) is 0 Å². The average Bonchev–Trinajstić information content (AvgIpc) is 2.15. The number of amides is 1. The minimum absolute atomic E-state index is 0.0687. The number of hydrogen-bond acceptors (Lipinski definition) is 3. The van der Waals surface area contributed by atoms with Gasteiger partial charge in [0.15, 0.2) is 0 Å². The third kappa shape index (κ3) is 2.82. The first-order valence-corrected chi connectivity index (χ1v) is 4.58. The largest absolute Gasteiger partial charge is 0.350 e. The van der Waals surface area contributed by atoms with Crippen molar-refractivity contribution in [3.63, 3.8) is 0 Å². The molecular weight excluding hydrogens is 166 g/mol. The van der Waals surface area contributed by atoms with Crippen LogP contribution in [0, 0.1) is 0 Å². The Morgan fingerprint density at radius 2 is 2.54 bits per heavy atom. The van der Waals surface area contributed by atoms with Crippen molar-refractivity contribution in [3.05, 3.63) is 12.7 Å². The summed E-state index contributed by atoms with van der Waals surface area (Å²) in [5.74, 6) is 0.0687. The van der Waals surface area contributed by atoms with E-state index in [9.17, 15) is 4.79 Å². The molecule has 0 aliphatic carbocycles. The highest BCUT2D eigenvalue weighted by Gasteiger charge is 2.24. The fraction of sp³-hybridized carbons (Fsp3) is 0.667. The zero-order valence-electron chi connectivity index (χ0n) is 7.97. The van der Waals surface area contributed by atoms with Crippen LogP contribution in [-0.4, -0.2) is 38.1 Å². The molecule has 1 aliphatic rings. The third-order valence-corrected chi connectivity index (χ3v) is 2.24. The van der Waals surface area contributed by atoms with E-state index < -0.39 is 0 Å². The number of carbonyl (C=O) groups excluding carboxylic acids is 1. The second-order valence-corrected chi connectivity index (χ2v) is 3.21. The normalized spacial score (nSPS) is 28.2. The molecule has 2 unspecified atom stereocenters. The average molecular weight is 183 g/mol. The van der Waals surface area contributed by atoms with Gasteiger partial charge >= 0.3 is 0 Å². The molecular formula is C9H17N3O. The minimum Gasteiger partial charge on any atom is -0.350 e. The number of piperazine rings is 1. The van der Waals surface area contributed by atoms with E-state index in [4.69, 9.17) is 0 Å². The second kappa shape index (κ2) is 4.99. The molecule has 0 saturated carbocycles. The smallest absolute Gasteiger partial charge is 0.234 e. The summed E-state index contributed by atoms with van der Waals surface area (Å²) in [5, 5.41) is 9.12. The van der Waals surface area contributed by atoms with Crippen LogP contribution in [0.15, 0.2) is 12.7 Å². The molecule has 0 radical (unpaired) electrons. The first kappa shape index (κ1) is 10.2. The van der Waals surface area contributed by atoms with E-state index in [1.54, 1.807) is 0 Å². The highest BCUT2D eigenvalue weighted by molar-refractivity contribution is 5.79. The molecule has 0 bridgehead atoms. The van der Waals surface area contributed by atoms with E-state index in [2.05, 4.69) is 22.5 Å². The predicted octanol–water partition coefficient (Wildman–Crippen LogP) is -0.761. The Hall–Kier alpha value is -0.870. The lowest BCUT2D eigenvalue weighted by molar-refractivity contribution is -0.122. The maximum absolute atomic E-state index is 11.1. The van der Waals surface area contributed by atoms with Gasteiger partial charge in [-0.25, -0.2) is 0 Å². The predicted molar refractivity (Wildman–Crippen MR) is 52.5 cm³/mol. The molecule has 1 aliphatic heterocycles. The fourth-order valence-electron chi connectivity index (χ4n) is 1.50. The lowest BCUT2D eigenvalue weighted by atomic mass is 10.0. The number of carbonyl (C=O) groups is 1. The molecule has 0 aromatic carbocycles. The third-order valence-electron chi connectivity index (χ3n) is 2.24. The molecule has 3 N–H and O–H groups in total. The van der Waals surface area contributed by atoms with Crippen LogP contribution >= 0.6 is 0 Å². The second-order valence-electron chi connectivity index (χ2n) is 3.21. The van der Waals surface area contributed by atoms with Crippen molar-refractivity contribution in [1.29, 1.82) is 0 Å². The van der Waals surface area contributed by atoms with Gasteiger partial charge in [-0.1, -0.05) is 6.08 Å². The van der Waals surface area contributed by atoms with Gasteiger partial charge in [0.05, 0.1) is 6.54 Å². The lowest BCUT2D eigenvalue weighted by Crippen LogP contribution is -2.58. The summed E-state index contributed by atoms with van der Waals surface area (Å²) in [4.78, 5) is 11.1. The van der Waals surface area contributed by atoms with Gasteiger partial charge in [-0.05, 0) is 20.0 Å². The van der Waals surface area contributed by atoms with Gasteiger partial charge in [0, 0.05) is 12.1 Å². The molecule has 0 aromatic rings. The highest BCUT2D eigenvalue weighted by atomic mass is 16.2. The Morgan fingerprint density at radius 1 is 1.77 bits per heavy atom. The van der Waals surface area contributed by atoms with E-state index >= 15 is 0 Å². The quantitative estimate of drug-likeness (QED) is 0.502. The van der Waals surface area contributed by atoms with Crippen LogP contribution < -0.4 is 16.0 Å². The van der Waals surface area contributed by atoms with E-state index in [0.717, 1.165) is 13.0 Å². The Kier molecular flexibility index (Phi) is 3.92. The topological polar surface area (TPSA) is 53.2 Å². The van der Waals surface area contributed by atoms with Crippen molar-refractivity contribution >= 4 is 5.91 Å². The van der Waals surface area contributed by atoms with Gasteiger partial charge in [0.1, 0.15) is 0 Å². The maximum atomic E-state index is 11.1.